The third-order valence-corrected chi connectivity index (χ3v) is 5.39. The molecular formula is C27H27N3O6. The number of hydrogen-bond donors (Lipinski definition) is 2. The Bertz CT molecular complexity index is 1290. The summed E-state index contributed by atoms with van der Waals surface area (Å²) in [5.41, 5.74) is 2.74. The van der Waals surface area contributed by atoms with Gasteiger partial charge in [-0.1, -0.05) is 30.3 Å². The van der Waals surface area contributed by atoms with E-state index >= 15 is 0 Å². The molecule has 0 saturated carbocycles. The molecule has 0 unspecified atom stereocenters. The lowest BCUT2D eigenvalue weighted by molar-refractivity contribution is -0.137. The number of amides is 1. The lowest BCUT2D eigenvalue weighted by Crippen LogP contribution is -2.35. The molecule has 0 saturated heterocycles. The minimum absolute atomic E-state index is 0.147. The Hall–Kier alpha value is -4.37. The molecule has 0 bridgehead atoms. The Morgan fingerprint density at radius 1 is 1.03 bits per heavy atom. The number of fused-ring (bicyclic) bond motifs is 1. The number of oxazole rings is 1. The standard InChI is InChI=1S/C27H27N3O6/c1-34-22-6-4-5-20(15-22)27(33)30(18-26(31)32)17-19-9-11-21(12-10-19)35-14-13-28-16-25-29-23-7-2-3-8-24(23)36-25/h2-12,15,28H,13-14,16-18H2,1H3,(H,31,32). The number of nitrogens with one attached hydrogen (secondary N) is 1. The summed E-state index contributed by atoms with van der Waals surface area (Å²) in [6.45, 7) is 1.27. The van der Waals surface area contributed by atoms with Crippen molar-refractivity contribution >= 4 is 23.0 Å². The molecule has 0 fully saturated rings. The summed E-state index contributed by atoms with van der Waals surface area (Å²) in [5, 5.41) is 12.5. The number of methoxy groups -OCH3 is 1. The Labute approximate surface area is 208 Å². The molecule has 0 radical (unpaired) electrons. The van der Waals surface area contributed by atoms with Crippen molar-refractivity contribution in [1.82, 2.24) is 15.2 Å². The lowest BCUT2D eigenvalue weighted by Gasteiger charge is -2.21. The molecule has 186 valence electrons. The first-order valence-electron chi connectivity index (χ1n) is 11.4. The molecule has 4 aromatic rings. The Morgan fingerprint density at radius 2 is 1.83 bits per heavy atom. The van der Waals surface area contributed by atoms with Crippen LogP contribution in [0, 0.1) is 0 Å². The van der Waals surface area contributed by atoms with Crippen molar-refractivity contribution in [3.63, 3.8) is 0 Å². The van der Waals surface area contributed by atoms with Gasteiger partial charge in [-0.25, -0.2) is 4.98 Å². The highest BCUT2D eigenvalue weighted by Crippen LogP contribution is 2.18. The Morgan fingerprint density at radius 3 is 2.58 bits per heavy atom. The van der Waals surface area contributed by atoms with E-state index in [2.05, 4.69) is 10.3 Å². The summed E-state index contributed by atoms with van der Waals surface area (Å²) in [7, 11) is 1.51. The maximum Gasteiger partial charge on any atom is 0.323 e. The second-order valence-corrected chi connectivity index (χ2v) is 8.03. The van der Waals surface area contributed by atoms with Crippen LogP contribution in [0.2, 0.25) is 0 Å². The highest BCUT2D eigenvalue weighted by atomic mass is 16.5. The molecule has 9 heteroatoms. The van der Waals surface area contributed by atoms with E-state index in [1.165, 1.54) is 12.0 Å². The molecule has 3 aromatic carbocycles. The van der Waals surface area contributed by atoms with Gasteiger partial charge in [0.15, 0.2) is 5.58 Å². The van der Waals surface area contributed by atoms with Crippen LogP contribution in [0.1, 0.15) is 21.8 Å². The average Bonchev–Trinajstić information content (AvgIpc) is 3.31. The van der Waals surface area contributed by atoms with Crippen LogP contribution < -0.4 is 14.8 Å². The largest absolute Gasteiger partial charge is 0.497 e. The van der Waals surface area contributed by atoms with E-state index in [0.717, 1.165) is 16.7 Å². The van der Waals surface area contributed by atoms with Gasteiger partial charge in [-0.15, -0.1) is 0 Å². The maximum absolute atomic E-state index is 12.9. The van der Waals surface area contributed by atoms with Crippen molar-refractivity contribution in [2.75, 3.05) is 26.8 Å². The molecule has 1 amide bonds. The van der Waals surface area contributed by atoms with Crippen molar-refractivity contribution in [2.45, 2.75) is 13.1 Å². The molecule has 1 heterocycles. The van der Waals surface area contributed by atoms with Crippen LogP contribution in [0.5, 0.6) is 11.5 Å². The molecule has 0 atom stereocenters. The number of ether oxygens (including phenoxy) is 2. The number of aliphatic carboxylic acids is 1. The number of carboxylic acids is 1. The van der Waals surface area contributed by atoms with E-state index in [9.17, 15) is 14.7 Å². The second-order valence-electron chi connectivity index (χ2n) is 8.03. The van der Waals surface area contributed by atoms with Gasteiger partial charge in [-0.3, -0.25) is 9.59 Å². The van der Waals surface area contributed by atoms with E-state index < -0.39 is 12.5 Å². The monoisotopic (exact) mass is 489 g/mol. The zero-order chi connectivity index (χ0) is 25.3. The minimum atomic E-state index is -1.09. The summed E-state index contributed by atoms with van der Waals surface area (Å²) in [6, 6.07) is 21.5. The summed E-state index contributed by atoms with van der Waals surface area (Å²) in [4.78, 5) is 30.0. The van der Waals surface area contributed by atoms with Gasteiger partial charge in [0.2, 0.25) is 5.89 Å². The molecule has 1 aromatic heterocycles. The Kier molecular flexibility index (Phi) is 8.15. The molecule has 0 aliphatic heterocycles. The van der Waals surface area contributed by atoms with Gasteiger partial charge in [-0.05, 0) is 48.0 Å². The average molecular weight is 490 g/mol. The number of carbonyl (C=O) groups is 2. The predicted molar refractivity (Wildman–Crippen MR) is 133 cm³/mol. The first-order chi connectivity index (χ1) is 17.5. The molecule has 0 spiro atoms. The number of nitrogens with zero attached hydrogens (tertiary/aromatic N) is 2. The highest BCUT2D eigenvalue weighted by Gasteiger charge is 2.19. The maximum atomic E-state index is 12.9. The van der Waals surface area contributed by atoms with Crippen molar-refractivity contribution in [1.29, 1.82) is 0 Å². The van der Waals surface area contributed by atoms with Crippen molar-refractivity contribution in [2.24, 2.45) is 0 Å². The van der Waals surface area contributed by atoms with Crippen molar-refractivity contribution < 1.29 is 28.6 Å². The molecule has 9 nitrogen and oxygen atoms in total. The minimum Gasteiger partial charge on any atom is -0.497 e. The van der Waals surface area contributed by atoms with Gasteiger partial charge in [0.1, 0.15) is 30.2 Å². The molecule has 4 rings (SSSR count). The fraction of sp³-hybridized carbons (Fsp3) is 0.222. The van der Waals surface area contributed by atoms with Crippen LogP contribution in [0.3, 0.4) is 0 Å². The van der Waals surface area contributed by atoms with Gasteiger partial charge >= 0.3 is 5.97 Å². The number of carboxylic acid groups (broad SMARTS) is 1. The first-order valence-corrected chi connectivity index (χ1v) is 11.4. The van der Waals surface area contributed by atoms with Gasteiger partial charge in [0.05, 0.1) is 13.7 Å². The van der Waals surface area contributed by atoms with E-state index in [0.29, 0.717) is 42.6 Å². The number of aromatic nitrogens is 1. The zero-order valence-corrected chi connectivity index (χ0v) is 19.8. The van der Waals surface area contributed by atoms with Crippen LogP contribution in [0.4, 0.5) is 0 Å². The predicted octanol–water partition coefficient (Wildman–Crippen LogP) is 3.73. The third-order valence-electron chi connectivity index (χ3n) is 5.39. The highest BCUT2D eigenvalue weighted by molar-refractivity contribution is 5.96. The van der Waals surface area contributed by atoms with Gasteiger partial charge < -0.3 is 29.2 Å². The summed E-state index contributed by atoms with van der Waals surface area (Å²) >= 11 is 0. The van der Waals surface area contributed by atoms with E-state index in [4.69, 9.17) is 13.9 Å². The van der Waals surface area contributed by atoms with Crippen LogP contribution in [0.15, 0.2) is 77.2 Å². The van der Waals surface area contributed by atoms with Crippen molar-refractivity contribution in [3.8, 4) is 11.5 Å². The molecule has 0 aliphatic carbocycles. The van der Waals surface area contributed by atoms with Gasteiger partial charge in [-0.2, -0.15) is 0 Å². The van der Waals surface area contributed by atoms with Crippen LogP contribution in [-0.4, -0.2) is 53.7 Å². The number of hydrogen-bond acceptors (Lipinski definition) is 7. The molecule has 36 heavy (non-hydrogen) atoms. The topological polar surface area (TPSA) is 114 Å². The normalized spacial score (nSPS) is 10.8. The van der Waals surface area contributed by atoms with E-state index in [-0.39, 0.29) is 12.5 Å². The SMILES string of the molecule is COc1cccc(C(=O)N(CC(=O)O)Cc2ccc(OCCNCc3nc4ccccc4o3)cc2)c1. The summed E-state index contributed by atoms with van der Waals surface area (Å²) in [5.74, 6) is 0.348. The molecule has 0 aliphatic rings. The number of rotatable bonds is 12. The molecule has 2 N–H and O–H groups in total. The van der Waals surface area contributed by atoms with E-state index in [1.807, 2.05) is 36.4 Å². The van der Waals surface area contributed by atoms with Gasteiger partial charge in [0.25, 0.3) is 5.91 Å². The lowest BCUT2D eigenvalue weighted by atomic mass is 10.1. The number of para-hydroxylation sites is 2. The fourth-order valence-electron chi connectivity index (χ4n) is 3.64. The van der Waals surface area contributed by atoms with Crippen LogP contribution >= 0.6 is 0 Å². The second kappa shape index (κ2) is 11.9. The van der Waals surface area contributed by atoms with Crippen LogP contribution in [0.25, 0.3) is 11.1 Å². The third kappa shape index (κ3) is 6.61. The smallest absolute Gasteiger partial charge is 0.323 e. The van der Waals surface area contributed by atoms with Crippen LogP contribution in [-0.2, 0) is 17.9 Å². The van der Waals surface area contributed by atoms with E-state index in [1.54, 1.807) is 36.4 Å². The summed E-state index contributed by atoms with van der Waals surface area (Å²) < 4.78 is 16.6. The summed E-state index contributed by atoms with van der Waals surface area (Å²) in [6.07, 6.45) is 0. The zero-order valence-electron chi connectivity index (χ0n) is 19.8. The number of carbonyl (C=O) groups excluding carboxylic acids is 1. The Balaban J connectivity index is 1.27. The van der Waals surface area contributed by atoms with Gasteiger partial charge in [0, 0.05) is 18.7 Å². The molecular weight excluding hydrogens is 462 g/mol. The quantitative estimate of drug-likeness (QED) is 0.289. The fourth-order valence-corrected chi connectivity index (χ4v) is 3.64. The number of benzene rings is 3. The van der Waals surface area contributed by atoms with Crippen molar-refractivity contribution in [3.05, 3.63) is 89.8 Å². The first kappa shape index (κ1) is 24.7.